The molecule has 0 bridgehead atoms. The van der Waals surface area contributed by atoms with Crippen LogP contribution in [0.25, 0.3) is 0 Å². The van der Waals surface area contributed by atoms with Gasteiger partial charge in [0.25, 0.3) is 0 Å². The first-order valence-electron chi connectivity index (χ1n) is 3.19. The number of aromatic nitrogens is 2. The first kappa shape index (κ1) is 8.89. The molecule has 0 unspecified atom stereocenters. The van der Waals surface area contributed by atoms with E-state index < -0.39 is 0 Å². The molecule has 0 spiro atoms. The van der Waals surface area contributed by atoms with Crippen molar-refractivity contribution in [2.75, 3.05) is 0 Å². The van der Waals surface area contributed by atoms with Crippen LogP contribution in [0.2, 0.25) is 5.15 Å². The SMILES string of the molecule is NNC(=O)Cc1ccnnc1Cl. The van der Waals surface area contributed by atoms with Crippen LogP contribution in [0.4, 0.5) is 0 Å². The van der Waals surface area contributed by atoms with Crippen molar-refractivity contribution in [1.82, 2.24) is 15.6 Å². The molecule has 1 heterocycles. The highest BCUT2D eigenvalue weighted by Crippen LogP contribution is 2.10. The lowest BCUT2D eigenvalue weighted by Gasteiger charge is -1.99. The fourth-order valence-corrected chi connectivity index (χ4v) is 0.870. The predicted octanol–water partition coefficient (Wildman–Crippen LogP) is -0.338. The molecule has 1 aromatic rings. The second kappa shape index (κ2) is 3.99. The summed E-state index contributed by atoms with van der Waals surface area (Å²) in [7, 11) is 0. The second-order valence-corrected chi connectivity index (χ2v) is 2.45. The highest BCUT2D eigenvalue weighted by molar-refractivity contribution is 6.30. The third-order valence-corrected chi connectivity index (χ3v) is 1.58. The average Bonchev–Trinajstić information content (AvgIpc) is 2.09. The van der Waals surface area contributed by atoms with Gasteiger partial charge in [0.15, 0.2) is 5.15 Å². The smallest absolute Gasteiger partial charge is 0.238 e. The lowest BCUT2D eigenvalue weighted by molar-refractivity contribution is -0.120. The number of hydrazine groups is 1. The normalized spacial score (nSPS) is 9.50. The van der Waals surface area contributed by atoms with Crippen LogP contribution in [0.1, 0.15) is 5.56 Å². The minimum atomic E-state index is -0.315. The molecular weight excluding hydrogens is 180 g/mol. The Balaban J connectivity index is 2.75. The van der Waals surface area contributed by atoms with E-state index in [-0.39, 0.29) is 17.5 Å². The fraction of sp³-hybridized carbons (Fsp3) is 0.167. The zero-order chi connectivity index (χ0) is 8.97. The summed E-state index contributed by atoms with van der Waals surface area (Å²) in [4.78, 5) is 10.8. The van der Waals surface area contributed by atoms with E-state index in [1.54, 1.807) is 6.07 Å². The van der Waals surface area contributed by atoms with E-state index in [1.807, 2.05) is 5.43 Å². The number of nitrogens with zero attached hydrogens (tertiary/aromatic N) is 2. The van der Waals surface area contributed by atoms with Crippen molar-refractivity contribution in [2.24, 2.45) is 5.84 Å². The first-order chi connectivity index (χ1) is 5.74. The molecule has 0 aromatic carbocycles. The lowest BCUT2D eigenvalue weighted by atomic mass is 10.2. The molecule has 0 aliphatic rings. The molecule has 0 fully saturated rings. The molecule has 5 nitrogen and oxygen atoms in total. The number of carbonyl (C=O) groups is 1. The van der Waals surface area contributed by atoms with Gasteiger partial charge in [-0.15, -0.1) is 5.10 Å². The molecule has 0 radical (unpaired) electrons. The molecule has 1 rings (SSSR count). The molecular formula is C6H7ClN4O. The fourth-order valence-electron chi connectivity index (χ4n) is 0.696. The van der Waals surface area contributed by atoms with Gasteiger partial charge in [-0.05, 0) is 6.07 Å². The highest BCUT2D eigenvalue weighted by Gasteiger charge is 2.05. The van der Waals surface area contributed by atoms with Crippen molar-refractivity contribution in [3.05, 3.63) is 23.0 Å². The molecule has 1 amide bonds. The first-order valence-corrected chi connectivity index (χ1v) is 3.57. The summed E-state index contributed by atoms with van der Waals surface area (Å²) >= 11 is 5.63. The van der Waals surface area contributed by atoms with Crippen LogP contribution in [0.15, 0.2) is 12.3 Å². The van der Waals surface area contributed by atoms with E-state index in [0.29, 0.717) is 5.56 Å². The van der Waals surface area contributed by atoms with Gasteiger partial charge in [-0.1, -0.05) is 11.6 Å². The van der Waals surface area contributed by atoms with Crippen molar-refractivity contribution < 1.29 is 4.79 Å². The van der Waals surface area contributed by atoms with Crippen LogP contribution >= 0.6 is 11.6 Å². The van der Waals surface area contributed by atoms with E-state index in [2.05, 4.69) is 10.2 Å². The van der Waals surface area contributed by atoms with Crippen LogP contribution in [-0.2, 0) is 11.2 Å². The second-order valence-electron chi connectivity index (χ2n) is 2.09. The summed E-state index contributed by atoms with van der Waals surface area (Å²) in [6.07, 6.45) is 1.58. The average molecular weight is 187 g/mol. The van der Waals surface area contributed by atoms with Gasteiger partial charge < -0.3 is 0 Å². The quantitative estimate of drug-likeness (QED) is 0.376. The number of rotatable bonds is 2. The van der Waals surface area contributed by atoms with Gasteiger partial charge in [-0.25, -0.2) is 5.84 Å². The summed E-state index contributed by atoms with van der Waals surface area (Å²) in [6, 6.07) is 1.62. The van der Waals surface area contributed by atoms with Crippen molar-refractivity contribution in [3.63, 3.8) is 0 Å². The van der Waals surface area contributed by atoms with E-state index >= 15 is 0 Å². The van der Waals surface area contributed by atoms with Crippen molar-refractivity contribution in [1.29, 1.82) is 0 Å². The molecule has 6 heteroatoms. The molecule has 0 saturated heterocycles. The number of nitrogens with one attached hydrogen (secondary N) is 1. The van der Waals surface area contributed by atoms with Crippen molar-refractivity contribution in [2.45, 2.75) is 6.42 Å². The van der Waals surface area contributed by atoms with Gasteiger partial charge in [0.1, 0.15) is 0 Å². The molecule has 0 aliphatic carbocycles. The Morgan fingerprint density at radius 3 is 3.08 bits per heavy atom. The van der Waals surface area contributed by atoms with Crippen LogP contribution in [0.5, 0.6) is 0 Å². The molecule has 0 saturated carbocycles. The molecule has 3 N–H and O–H groups in total. The zero-order valence-corrected chi connectivity index (χ0v) is 6.88. The van der Waals surface area contributed by atoms with E-state index in [4.69, 9.17) is 17.4 Å². The number of carbonyl (C=O) groups excluding carboxylic acids is 1. The van der Waals surface area contributed by atoms with E-state index in [9.17, 15) is 4.79 Å². The summed E-state index contributed by atoms with van der Waals surface area (Å²) in [5.41, 5.74) is 2.60. The van der Waals surface area contributed by atoms with Crippen molar-refractivity contribution in [3.8, 4) is 0 Å². The Kier molecular flexibility index (Phi) is 2.95. The van der Waals surface area contributed by atoms with Gasteiger partial charge in [0, 0.05) is 11.8 Å². The summed E-state index contributed by atoms with van der Waals surface area (Å²) < 4.78 is 0. The topological polar surface area (TPSA) is 80.9 Å². The number of hydrogen-bond donors (Lipinski definition) is 2. The van der Waals surface area contributed by atoms with Crippen molar-refractivity contribution >= 4 is 17.5 Å². The van der Waals surface area contributed by atoms with Crippen LogP contribution in [0.3, 0.4) is 0 Å². The molecule has 1 aromatic heterocycles. The third kappa shape index (κ3) is 2.14. The van der Waals surface area contributed by atoms with Gasteiger partial charge in [-0.3, -0.25) is 10.2 Å². The highest BCUT2D eigenvalue weighted by atomic mass is 35.5. The van der Waals surface area contributed by atoms with Crippen LogP contribution in [0, 0.1) is 0 Å². The third-order valence-electron chi connectivity index (χ3n) is 1.26. The molecule has 0 atom stereocenters. The maximum absolute atomic E-state index is 10.8. The lowest BCUT2D eigenvalue weighted by Crippen LogP contribution is -2.31. The van der Waals surface area contributed by atoms with Gasteiger partial charge in [-0.2, -0.15) is 5.10 Å². The Morgan fingerprint density at radius 2 is 2.50 bits per heavy atom. The Bertz CT molecular complexity index is 291. The summed E-state index contributed by atoms with van der Waals surface area (Å²) in [6.45, 7) is 0. The standard InChI is InChI=1S/C6H7ClN4O/c7-6-4(1-2-9-11-6)3-5(12)10-8/h1-2H,3,8H2,(H,10,12). The number of halogens is 1. The summed E-state index contributed by atoms with van der Waals surface area (Å²) in [5, 5.41) is 7.32. The Morgan fingerprint density at radius 1 is 1.75 bits per heavy atom. The number of hydrogen-bond acceptors (Lipinski definition) is 4. The minimum Gasteiger partial charge on any atom is -0.294 e. The van der Waals surface area contributed by atoms with Crippen LogP contribution < -0.4 is 11.3 Å². The molecule has 0 aliphatic heterocycles. The predicted molar refractivity (Wildman–Crippen MR) is 43.1 cm³/mol. The monoisotopic (exact) mass is 186 g/mol. The number of amides is 1. The molecule has 12 heavy (non-hydrogen) atoms. The Labute approximate surface area is 73.9 Å². The van der Waals surface area contributed by atoms with Crippen LogP contribution in [-0.4, -0.2) is 16.1 Å². The maximum Gasteiger partial charge on any atom is 0.238 e. The number of nitrogens with two attached hydrogens (primary N) is 1. The maximum atomic E-state index is 10.8. The Hall–Kier alpha value is -1.20. The van der Waals surface area contributed by atoms with E-state index in [0.717, 1.165) is 0 Å². The largest absolute Gasteiger partial charge is 0.294 e. The zero-order valence-electron chi connectivity index (χ0n) is 6.12. The minimum absolute atomic E-state index is 0.116. The molecule has 64 valence electrons. The van der Waals surface area contributed by atoms with E-state index in [1.165, 1.54) is 6.20 Å². The van der Waals surface area contributed by atoms with Gasteiger partial charge in [0.05, 0.1) is 6.42 Å². The summed E-state index contributed by atoms with van der Waals surface area (Å²) in [5.74, 6) is 4.58. The van der Waals surface area contributed by atoms with Gasteiger partial charge in [0.2, 0.25) is 5.91 Å². The van der Waals surface area contributed by atoms with Gasteiger partial charge >= 0.3 is 0 Å².